The van der Waals surface area contributed by atoms with Gasteiger partial charge in [-0.05, 0) is 31.4 Å². The van der Waals surface area contributed by atoms with Crippen LogP contribution >= 0.6 is 0 Å². The first-order valence-electron chi connectivity index (χ1n) is 7.32. The lowest BCUT2D eigenvalue weighted by molar-refractivity contribution is 0.138. The fourth-order valence-corrected chi connectivity index (χ4v) is 2.18. The summed E-state index contributed by atoms with van der Waals surface area (Å²) >= 11 is 0. The van der Waals surface area contributed by atoms with E-state index in [0.29, 0.717) is 30.7 Å². The Morgan fingerprint density at radius 2 is 2.14 bits per heavy atom. The maximum atomic E-state index is 9.92. The molecular weight excluding hydrogens is 268 g/mol. The summed E-state index contributed by atoms with van der Waals surface area (Å²) in [6, 6.07) is 7.56. The van der Waals surface area contributed by atoms with Crippen molar-refractivity contribution in [3.05, 3.63) is 30.2 Å². The van der Waals surface area contributed by atoms with Crippen molar-refractivity contribution in [2.75, 3.05) is 6.61 Å². The van der Waals surface area contributed by atoms with Crippen molar-refractivity contribution in [2.45, 2.75) is 39.7 Å². The lowest BCUT2D eigenvalue weighted by atomic mass is 10.0. The normalized spacial score (nSPS) is 12.6. The van der Waals surface area contributed by atoms with E-state index in [0.717, 1.165) is 17.7 Å². The van der Waals surface area contributed by atoms with Gasteiger partial charge in [-0.1, -0.05) is 31.1 Å². The molecule has 0 aliphatic rings. The summed E-state index contributed by atoms with van der Waals surface area (Å²) in [5.74, 6) is 2.19. The minimum atomic E-state index is -0.451. The van der Waals surface area contributed by atoms with Gasteiger partial charge in [0.05, 0.1) is 19.1 Å². The summed E-state index contributed by atoms with van der Waals surface area (Å²) in [5, 5.41) is 13.9. The van der Waals surface area contributed by atoms with E-state index >= 15 is 0 Å². The molecule has 114 valence electrons. The minimum absolute atomic E-state index is 0.385. The Morgan fingerprint density at radius 1 is 1.33 bits per heavy atom. The zero-order valence-electron chi connectivity index (χ0n) is 12.7. The van der Waals surface area contributed by atoms with Crippen LogP contribution in [0.4, 0.5) is 0 Å². The Bertz CT molecular complexity index is 566. The van der Waals surface area contributed by atoms with Crippen molar-refractivity contribution in [1.29, 1.82) is 0 Å². The molecule has 5 heteroatoms. The summed E-state index contributed by atoms with van der Waals surface area (Å²) in [6.07, 6.45) is 0.654. The Kier molecular flexibility index (Phi) is 5.33. The molecule has 0 spiro atoms. The van der Waals surface area contributed by atoms with Crippen LogP contribution in [0.1, 0.15) is 33.1 Å². The number of aliphatic hydroxyl groups excluding tert-OH is 1. The maximum Gasteiger partial charge on any atom is 0.229 e. The van der Waals surface area contributed by atoms with Crippen molar-refractivity contribution < 1.29 is 14.4 Å². The molecule has 0 saturated heterocycles. The SMILES string of the molecule is CCOc1cccc(-c2noc(CC(O)CC(C)C)n2)c1. The fourth-order valence-electron chi connectivity index (χ4n) is 2.18. The van der Waals surface area contributed by atoms with Gasteiger partial charge in [0, 0.05) is 5.56 Å². The number of rotatable bonds is 7. The van der Waals surface area contributed by atoms with E-state index < -0.39 is 6.10 Å². The van der Waals surface area contributed by atoms with Gasteiger partial charge < -0.3 is 14.4 Å². The largest absolute Gasteiger partial charge is 0.494 e. The number of hydrogen-bond acceptors (Lipinski definition) is 5. The van der Waals surface area contributed by atoms with Gasteiger partial charge in [0.15, 0.2) is 0 Å². The number of benzene rings is 1. The van der Waals surface area contributed by atoms with Gasteiger partial charge in [-0.2, -0.15) is 4.98 Å². The number of hydrogen-bond donors (Lipinski definition) is 1. The van der Waals surface area contributed by atoms with E-state index in [2.05, 4.69) is 24.0 Å². The van der Waals surface area contributed by atoms with Gasteiger partial charge >= 0.3 is 0 Å². The minimum Gasteiger partial charge on any atom is -0.494 e. The molecule has 0 fully saturated rings. The summed E-state index contributed by atoms with van der Waals surface area (Å²) in [4.78, 5) is 4.34. The summed E-state index contributed by atoms with van der Waals surface area (Å²) in [5.41, 5.74) is 0.842. The molecule has 1 unspecified atom stereocenters. The molecule has 0 aliphatic carbocycles. The highest BCUT2D eigenvalue weighted by atomic mass is 16.5. The molecule has 0 saturated carbocycles. The molecule has 5 nitrogen and oxygen atoms in total. The van der Waals surface area contributed by atoms with Crippen molar-refractivity contribution in [2.24, 2.45) is 5.92 Å². The van der Waals surface area contributed by atoms with Crippen molar-refractivity contribution in [3.8, 4) is 17.1 Å². The third-order valence-corrected chi connectivity index (χ3v) is 3.03. The van der Waals surface area contributed by atoms with Gasteiger partial charge in [-0.25, -0.2) is 0 Å². The van der Waals surface area contributed by atoms with Crippen LogP contribution in [0.25, 0.3) is 11.4 Å². The zero-order valence-corrected chi connectivity index (χ0v) is 12.7. The van der Waals surface area contributed by atoms with E-state index in [9.17, 15) is 5.11 Å². The number of ether oxygens (including phenoxy) is 1. The first-order chi connectivity index (χ1) is 10.1. The average molecular weight is 290 g/mol. The van der Waals surface area contributed by atoms with Crippen LogP contribution in [-0.2, 0) is 6.42 Å². The highest BCUT2D eigenvalue weighted by Gasteiger charge is 2.14. The standard InChI is InChI=1S/C16H22N2O3/c1-4-20-14-7-5-6-12(9-14)16-17-15(21-18-16)10-13(19)8-11(2)3/h5-7,9,11,13,19H,4,8,10H2,1-3H3. The Labute approximate surface area is 125 Å². The topological polar surface area (TPSA) is 68.4 Å². The first-order valence-corrected chi connectivity index (χ1v) is 7.32. The molecule has 1 N–H and O–H groups in total. The van der Waals surface area contributed by atoms with E-state index in [-0.39, 0.29) is 0 Å². The molecule has 0 bridgehead atoms. The lowest BCUT2D eigenvalue weighted by Crippen LogP contribution is -2.13. The average Bonchev–Trinajstić information content (AvgIpc) is 2.87. The monoisotopic (exact) mass is 290 g/mol. The van der Waals surface area contributed by atoms with Crippen LogP contribution in [0, 0.1) is 5.92 Å². The van der Waals surface area contributed by atoms with E-state index in [4.69, 9.17) is 9.26 Å². The van der Waals surface area contributed by atoms with Crippen molar-refractivity contribution in [1.82, 2.24) is 10.1 Å². The molecule has 0 aliphatic heterocycles. The second kappa shape index (κ2) is 7.22. The fraction of sp³-hybridized carbons (Fsp3) is 0.500. The number of aromatic nitrogens is 2. The van der Waals surface area contributed by atoms with Crippen LogP contribution < -0.4 is 4.74 Å². The summed E-state index contributed by atoms with van der Waals surface area (Å²) < 4.78 is 10.7. The molecule has 1 heterocycles. The van der Waals surface area contributed by atoms with Gasteiger partial charge in [0.2, 0.25) is 11.7 Å². The first kappa shape index (κ1) is 15.5. The van der Waals surface area contributed by atoms with Gasteiger partial charge in [-0.15, -0.1) is 0 Å². The van der Waals surface area contributed by atoms with E-state index in [1.807, 2.05) is 31.2 Å². The molecule has 1 atom stereocenters. The third-order valence-electron chi connectivity index (χ3n) is 3.03. The number of nitrogens with zero attached hydrogens (tertiary/aromatic N) is 2. The summed E-state index contributed by atoms with van der Waals surface area (Å²) in [6.45, 7) is 6.70. The molecule has 1 aromatic carbocycles. The highest BCUT2D eigenvalue weighted by molar-refractivity contribution is 5.56. The van der Waals surface area contributed by atoms with Crippen LogP contribution in [-0.4, -0.2) is 28.0 Å². The van der Waals surface area contributed by atoms with Crippen LogP contribution in [0.2, 0.25) is 0 Å². The van der Waals surface area contributed by atoms with Gasteiger partial charge in [-0.3, -0.25) is 0 Å². The van der Waals surface area contributed by atoms with E-state index in [1.54, 1.807) is 0 Å². The molecule has 0 amide bonds. The predicted molar refractivity (Wildman–Crippen MR) is 80.1 cm³/mol. The third kappa shape index (κ3) is 4.56. The molecule has 21 heavy (non-hydrogen) atoms. The van der Waals surface area contributed by atoms with Gasteiger partial charge in [0.25, 0.3) is 0 Å². The molecule has 1 aromatic heterocycles. The lowest BCUT2D eigenvalue weighted by Gasteiger charge is -2.09. The van der Waals surface area contributed by atoms with Crippen molar-refractivity contribution in [3.63, 3.8) is 0 Å². The number of aliphatic hydroxyl groups is 1. The molecule has 2 rings (SSSR count). The van der Waals surface area contributed by atoms with Gasteiger partial charge in [0.1, 0.15) is 5.75 Å². The second-order valence-corrected chi connectivity index (χ2v) is 5.46. The van der Waals surface area contributed by atoms with E-state index in [1.165, 1.54) is 0 Å². The zero-order chi connectivity index (χ0) is 15.2. The molecule has 0 radical (unpaired) electrons. The second-order valence-electron chi connectivity index (χ2n) is 5.46. The Hall–Kier alpha value is -1.88. The maximum absolute atomic E-state index is 9.92. The van der Waals surface area contributed by atoms with Crippen LogP contribution in [0.5, 0.6) is 5.75 Å². The van der Waals surface area contributed by atoms with Crippen LogP contribution in [0.15, 0.2) is 28.8 Å². The highest BCUT2D eigenvalue weighted by Crippen LogP contribution is 2.22. The molecular formula is C16H22N2O3. The summed E-state index contributed by atoms with van der Waals surface area (Å²) in [7, 11) is 0. The Morgan fingerprint density at radius 3 is 2.86 bits per heavy atom. The molecule has 2 aromatic rings. The van der Waals surface area contributed by atoms with Crippen LogP contribution in [0.3, 0.4) is 0 Å². The Balaban J connectivity index is 2.07. The van der Waals surface area contributed by atoms with Crippen molar-refractivity contribution >= 4 is 0 Å². The smallest absolute Gasteiger partial charge is 0.229 e. The predicted octanol–water partition coefficient (Wildman–Crippen LogP) is 3.08. The quantitative estimate of drug-likeness (QED) is 0.848.